The van der Waals surface area contributed by atoms with Gasteiger partial charge in [-0.3, -0.25) is 4.79 Å². The Morgan fingerprint density at radius 3 is 2.59 bits per heavy atom. The lowest BCUT2D eigenvalue weighted by molar-refractivity contribution is 0.104. The van der Waals surface area contributed by atoms with E-state index in [9.17, 15) is 4.79 Å². The highest BCUT2D eigenvalue weighted by atomic mass is 16.3. The third-order valence-electron chi connectivity index (χ3n) is 2.69. The minimum atomic E-state index is 0.0145. The SMILES string of the molecule is CC=CC(=O)c1ccc2cc(CO)ccc2c1. The third-order valence-corrected chi connectivity index (χ3v) is 2.69. The molecule has 0 heterocycles. The highest BCUT2D eigenvalue weighted by Gasteiger charge is 2.03. The van der Waals surface area contributed by atoms with Crippen molar-refractivity contribution in [2.45, 2.75) is 13.5 Å². The van der Waals surface area contributed by atoms with Gasteiger partial charge in [-0.15, -0.1) is 0 Å². The van der Waals surface area contributed by atoms with E-state index in [1.165, 1.54) is 0 Å². The summed E-state index contributed by atoms with van der Waals surface area (Å²) in [5.74, 6) is 0.0145. The first-order valence-electron chi connectivity index (χ1n) is 5.55. The van der Waals surface area contributed by atoms with Crippen molar-refractivity contribution in [1.29, 1.82) is 0 Å². The third kappa shape index (κ3) is 2.43. The van der Waals surface area contributed by atoms with Crippen molar-refractivity contribution in [1.82, 2.24) is 0 Å². The number of carbonyl (C=O) groups excluding carboxylic acids is 1. The van der Waals surface area contributed by atoms with Gasteiger partial charge < -0.3 is 5.11 Å². The summed E-state index contributed by atoms with van der Waals surface area (Å²) in [6.07, 6.45) is 3.30. The lowest BCUT2D eigenvalue weighted by atomic mass is 10.0. The monoisotopic (exact) mass is 226 g/mol. The highest BCUT2D eigenvalue weighted by molar-refractivity contribution is 6.06. The Labute approximate surface area is 100 Å². The van der Waals surface area contributed by atoms with E-state index in [1.807, 2.05) is 43.3 Å². The summed E-state index contributed by atoms with van der Waals surface area (Å²) in [6, 6.07) is 11.3. The Morgan fingerprint density at radius 2 is 1.88 bits per heavy atom. The number of hydrogen-bond donors (Lipinski definition) is 1. The molecule has 0 aliphatic carbocycles. The number of benzene rings is 2. The quantitative estimate of drug-likeness (QED) is 0.645. The molecule has 0 saturated heterocycles. The fourth-order valence-electron chi connectivity index (χ4n) is 1.79. The molecule has 2 aromatic carbocycles. The molecule has 0 spiro atoms. The fourth-order valence-corrected chi connectivity index (χ4v) is 1.79. The zero-order valence-electron chi connectivity index (χ0n) is 9.68. The summed E-state index contributed by atoms with van der Waals surface area (Å²) in [5, 5.41) is 11.1. The van der Waals surface area contributed by atoms with Crippen molar-refractivity contribution in [3.63, 3.8) is 0 Å². The Kier molecular flexibility index (Phi) is 3.35. The molecule has 0 aliphatic heterocycles. The van der Waals surface area contributed by atoms with Gasteiger partial charge in [-0.2, -0.15) is 0 Å². The molecule has 0 unspecified atom stereocenters. The lowest BCUT2D eigenvalue weighted by Gasteiger charge is -2.03. The second kappa shape index (κ2) is 4.93. The first kappa shape index (κ1) is 11.6. The van der Waals surface area contributed by atoms with E-state index in [0.717, 1.165) is 16.3 Å². The molecule has 0 atom stereocenters. The molecular formula is C15H14O2. The van der Waals surface area contributed by atoms with Gasteiger partial charge in [-0.05, 0) is 41.5 Å². The molecule has 0 fully saturated rings. The van der Waals surface area contributed by atoms with Crippen LogP contribution in [0.1, 0.15) is 22.8 Å². The van der Waals surface area contributed by atoms with Gasteiger partial charge in [0.15, 0.2) is 5.78 Å². The summed E-state index contributed by atoms with van der Waals surface area (Å²) in [6.45, 7) is 1.86. The van der Waals surface area contributed by atoms with Gasteiger partial charge in [-0.25, -0.2) is 0 Å². The van der Waals surface area contributed by atoms with Gasteiger partial charge in [0, 0.05) is 5.56 Å². The van der Waals surface area contributed by atoms with Crippen LogP contribution < -0.4 is 0 Å². The molecule has 0 bridgehead atoms. The van der Waals surface area contributed by atoms with Crippen LogP contribution in [0.25, 0.3) is 10.8 Å². The average molecular weight is 226 g/mol. The smallest absolute Gasteiger partial charge is 0.185 e. The van der Waals surface area contributed by atoms with Crippen LogP contribution in [0.4, 0.5) is 0 Å². The second-order valence-electron chi connectivity index (χ2n) is 3.92. The zero-order chi connectivity index (χ0) is 12.3. The summed E-state index contributed by atoms with van der Waals surface area (Å²) >= 11 is 0. The molecular weight excluding hydrogens is 212 g/mol. The fraction of sp³-hybridized carbons (Fsp3) is 0.133. The maximum absolute atomic E-state index is 11.7. The Hall–Kier alpha value is -1.93. The van der Waals surface area contributed by atoms with E-state index >= 15 is 0 Å². The molecule has 0 saturated carbocycles. The molecule has 0 aliphatic rings. The molecule has 1 N–H and O–H groups in total. The van der Waals surface area contributed by atoms with Gasteiger partial charge in [0.25, 0.3) is 0 Å². The molecule has 2 heteroatoms. The molecule has 0 aromatic heterocycles. The van der Waals surface area contributed by atoms with Gasteiger partial charge >= 0.3 is 0 Å². The van der Waals surface area contributed by atoms with E-state index in [0.29, 0.717) is 5.56 Å². The van der Waals surface area contributed by atoms with E-state index < -0.39 is 0 Å². The second-order valence-corrected chi connectivity index (χ2v) is 3.92. The van der Waals surface area contributed by atoms with Crippen molar-refractivity contribution < 1.29 is 9.90 Å². The highest BCUT2D eigenvalue weighted by Crippen LogP contribution is 2.18. The van der Waals surface area contributed by atoms with Crippen molar-refractivity contribution in [2.75, 3.05) is 0 Å². The van der Waals surface area contributed by atoms with Crippen LogP contribution in [0.15, 0.2) is 48.6 Å². The Morgan fingerprint density at radius 1 is 1.18 bits per heavy atom. The Bertz CT molecular complexity index is 582. The number of allylic oxidation sites excluding steroid dienone is 2. The number of rotatable bonds is 3. The molecule has 0 radical (unpaired) electrons. The van der Waals surface area contributed by atoms with Crippen LogP contribution in [-0.2, 0) is 6.61 Å². The summed E-state index contributed by atoms with van der Waals surface area (Å²) in [5.41, 5.74) is 1.57. The lowest BCUT2D eigenvalue weighted by Crippen LogP contribution is -1.93. The maximum atomic E-state index is 11.7. The average Bonchev–Trinajstić information content (AvgIpc) is 2.37. The molecule has 17 heavy (non-hydrogen) atoms. The molecule has 2 nitrogen and oxygen atoms in total. The first-order valence-corrected chi connectivity index (χ1v) is 5.55. The summed E-state index contributed by atoms with van der Waals surface area (Å²) < 4.78 is 0. The van der Waals surface area contributed by atoms with Gasteiger partial charge in [0.2, 0.25) is 0 Å². The number of hydrogen-bond acceptors (Lipinski definition) is 2. The van der Waals surface area contributed by atoms with Crippen LogP contribution in [0.2, 0.25) is 0 Å². The van der Waals surface area contributed by atoms with Gasteiger partial charge in [0.1, 0.15) is 0 Å². The van der Waals surface area contributed by atoms with E-state index in [1.54, 1.807) is 12.2 Å². The van der Waals surface area contributed by atoms with Crippen LogP contribution in [-0.4, -0.2) is 10.9 Å². The van der Waals surface area contributed by atoms with Crippen molar-refractivity contribution in [3.8, 4) is 0 Å². The van der Waals surface area contributed by atoms with Gasteiger partial charge in [0.05, 0.1) is 6.61 Å². The largest absolute Gasteiger partial charge is 0.392 e. The normalized spacial score (nSPS) is 11.2. The number of ketones is 1. The van der Waals surface area contributed by atoms with Gasteiger partial charge in [-0.1, -0.05) is 30.3 Å². The molecule has 0 amide bonds. The number of fused-ring (bicyclic) bond motifs is 1. The van der Waals surface area contributed by atoms with Crippen molar-refractivity contribution in [2.24, 2.45) is 0 Å². The minimum Gasteiger partial charge on any atom is -0.392 e. The predicted octanol–water partition coefficient (Wildman–Crippen LogP) is 3.09. The predicted molar refractivity (Wildman–Crippen MR) is 69.0 cm³/mol. The molecule has 2 rings (SSSR count). The number of aliphatic hydroxyl groups is 1. The molecule has 2 aromatic rings. The summed E-state index contributed by atoms with van der Waals surface area (Å²) in [4.78, 5) is 11.7. The van der Waals surface area contributed by atoms with E-state index in [2.05, 4.69) is 0 Å². The van der Waals surface area contributed by atoms with Crippen molar-refractivity contribution in [3.05, 3.63) is 59.7 Å². The van der Waals surface area contributed by atoms with Crippen LogP contribution in [0, 0.1) is 0 Å². The topological polar surface area (TPSA) is 37.3 Å². The zero-order valence-corrected chi connectivity index (χ0v) is 9.68. The van der Waals surface area contributed by atoms with Crippen LogP contribution >= 0.6 is 0 Å². The summed E-state index contributed by atoms with van der Waals surface area (Å²) in [7, 11) is 0. The van der Waals surface area contributed by atoms with E-state index in [-0.39, 0.29) is 12.4 Å². The van der Waals surface area contributed by atoms with Crippen molar-refractivity contribution >= 4 is 16.6 Å². The minimum absolute atomic E-state index is 0.0145. The molecule has 86 valence electrons. The maximum Gasteiger partial charge on any atom is 0.185 e. The van der Waals surface area contributed by atoms with Crippen LogP contribution in [0.3, 0.4) is 0 Å². The first-order chi connectivity index (χ1) is 8.24. The van der Waals surface area contributed by atoms with Crippen LogP contribution in [0.5, 0.6) is 0 Å². The van der Waals surface area contributed by atoms with E-state index in [4.69, 9.17) is 5.11 Å². The standard InChI is InChI=1S/C15H14O2/c1-2-3-15(17)14-7-6-12-8-11(10-16)4-5-13(12)9-14/h2-9,16H,10H2,1H3. The number of carbonyl (C=O) groups is 1. The number of aliphatic hydroxyl groups excluding tert-OH is 1. The Balaban J connectivity index is 2.48.